The topological polar surface area (TPSA) is 35.9 Å². The zero-order valence-electron chi connectivity index (χ0n) is 7.82. The summed E-state index contributed by atoms with van der Waals surface area (Å²) < 4.78 is 12.8. The van der Waals surface area contributed by atoms with Gasteiger partial charge in [-0.05, 0) is 24.6 Å². The van der Waals surface area contributed by atoms with Crippen molar-refractivity contribution in [1.82, 2.24) is 0 Å². The molecule has 1 rings (SSSR count). The van der Waals surface area contributed by atoms with Gasteiger partial charge in [0.1, 0.15) is 5.82 Å². The van der Waals surface area contributed by atoms with Crippen LogP contribution in [0.4, 0.5) is 10.1 Å². The van der Waals surface area contributed by atoms with E-state index >= 15 is 0 Å². The van der Waals surface area contributed by atoms with Crippen molar-refractivity contribution in [3.63, 3.8) is 0 Å². The Morgan fingerprint density at radius 3 is 2.77 bits per heavy atom. The average molecular weight is 180 g/mol. The van der Waals surface area contributed by atoms with Crippen LogP contribution < -0.4 is 5.32 Å². The quantitative estimate of drug-likeness (QED) is 0.689. The van der Waals surface area contributed by atoms with Crippen molar-refractivity contribution in [1.29, 1.82) is 5.41 Å². The highest BCUT2D eigenvalue weighted by Gasteiger charge is 2.05. The van der Waals surface area contributed by atoms with Crippen molar-refractivity contribution in [2.75, 3.05) is 12.4 Å². The van der Waals surface area contributed by atoms with E-state index in [1.54, 1.807) is 13.1 Å². The molecule has 0 amide bonds. The lowest BCUT2D eigenvalue weighted by molar-refractivity contribution is 0.628. The van der Waals surface area contributed by atoms with Crippen molar-refractivity contribution in [3.8, 4) is 0 Å². The Balaban J connectivity index is 3.13. The second kappa shape index (κ2) is 4.03. The molecule has 0 unspecified atom stereocenters. The van der Waals surface area contributed by atoms with Gasteiger partial charge < -0.3 is 10.7 Å². The number of halogens is 1. The van der Waals surface area contributed by atoms with Gasteiger partial charge in [-0.2, -0.15) is 0 Å². The van der Waals surface area contributed by atoms with Gasteiger partial charge in [0.25, 0.3) is 0 Å². The molecular formula is C10H13FN2. The van der Waals surface area contributed by atoms with E-state index in [-0.39, 0.29) is 5.82 Å². The molecule has 0 spiro atoms. The number of benzene rings is 1. The Morgan fingerprint density at radius 1 is 1.54 bits per heavy atom. The van der Waals surface area contributed by atoms with Crippen molar-refractivity contribution in [3.05, 3.63) is 29.6 Å². The van der Waals surface area contributed by atoms with E-state index in [4.69, 9.17) is 5.41 Å². The van der Waals surface area contributed by atoms with Gasteiger partial charge in [-0.3, -0.25) is 0 Å². The number of nitrogens with one attached hydrogen (secondary N) is 2. The minimum atomic E-state index is -0.281. The maximum Gasteiger partial charge on any atom is 0.125 e. The molecule has 0 aliphatic heterocycles. The van der Waals surface area contributed by atoms with E-state index in [2.05, 4.69) is 5.32 Å². The van der Waals surface area contributed by atoms with Crippen LogP contribution in [0.1, 0.15) is 18.9 Å². The van der Waals surface area contributed by atoms with E-state index in [0.29, 0.717) is 17.8 Å². The third kappa shape index (κ3) is 2.05. The summed E-state index contributed by atoms with van der Waals surface area (Å²) in [6, 6.07) is 4.41. The first kappa shape index (κ1) is 9.71. The largest absolute Gasteiger partial charge is 0.387 e. The summed E-state index contributed by atoms with van der Waals surface area (Å²) in [6.07, 6.45) is 0.653. The molecule has 2 N–H and O–H groups in total. The summed E-state index contributed by atoms with van der Waals surface area (Å²) in [5, 5.41) is 10.5. The molecular weight excluding hydrogens is 167 g/mol. The van der Waals surface area contributed by atoms with Crippen LogP contribution in [0.25, 0.3) is 0 Å². The normalized spacial score (nSPS) is 9.77. The molecule has 1 aromatic rings. The van der Waals surface area contributed by atoms with Crippen LogP contribution in [0.3, 0.4) is 0 Å². The standard InChI is InChI=1S/C10H13FN2/c1-3-9(12)8-5-4-7(11)6-10(8)13-2/h4-6,12-13H,3H2,1-2H3. The van der Waals surface area contributed by atoms with E-state index in [9.17, 15) is 4.39 Å². The lowest BCUT2D eigenvalue weighted by Crippen LogP contribution is -2.02. The van der Waals surface area contributed by atoms with E-state index < -0.39 is 0 Å². The Hall–Kier alpha value is -1.38. The van der Waals surface area contributed by atoms with Gasteiger partial charge in [-0.15, -0.1) is 0 Å². The molecule has 70 valence electrons. The van der Waals surface area contributed by atoms with E-state index in [1.165, 1.54) is 12.1 Å². The molecule has 0 aromatic heterocycles. The highest BCUT2D eigenvalue weighted by atomic mass is 19.1. The molecule has 0 saturated carbocycles. The van der Waals surface area contributed by atoms with Gasteiger partial charge in [0.05, 0.1) is 0 Å². The summed E-state index contributed by atoms with van der Waals surface area (Å²) in [4.78, 5) is 0. The van der Waals surface area contributed by atoms with E-state index in [0.717, 1.165) is 5.56 Å². The van der Waals surface area contributed by atoms with Crippen LogP contribution in [-0.4, -0.2) is 12.8 Å². The van der Waals surface area contributed by atoms with Crippen molar-refractivity contribution < 1.29 is 4.39 Å². The fourth-order valence-corrected chi connectivity index (χ4v) is 1.18. The number of rotatable bonds is 3. The van der Waals surface area contributed by atoms with Crippen LogP contribution in [0, 0.1) is 11.2 Å². The lowest BCUT2D eigenvalue weighted by Gasteiger charge is -2.08. The van der Waals surface area contributed by atoms with E-state index in [1.807, 2.05) is 6.92 Å². The van der Waals surface area contributed by atoms with Crippen LogP contribution in [-0.2, 0) is 0 Å². The molecule has 0 aliphatic rings. The first-order valence-electron chi connectivity index (χ1n) is 4.24. The maximum atomic E-state index is 12.8. The minimum Gasteiger partial charge on any atom is -0.387 e. The molecule has 0 heterocycles. The summed E-state index contributed by atoms with van der Waals surface area (Å²) in [5.74, 6) is -0.281. The van der Waals surface area contributed by atoms with Gasteiger partial charge in [-0.25, -0.2) is 4.39 Å². The van der Waals surface area contributed by atoms with Gasteiger partial charge in [0.15, 0.2) is 0 Å². The summed E-state index contributed by atoms with van der Waals surface area (Å²) >= 11 is 0. The predicted molar refractivity (Wildman–Crippen MR) is 53.1 cm³/mol. The first-order valence-corrected chi connectivity index (χ1v) is 4.24. The lowest BCUT2D eigenvalue weighted by atomic mass is 10.1. The van der Waals surface area contributed by atoms with Gasteiger partial charge >= 0.3 is 0 Å². The van der Waals surface area contributed by atoms with Crippen LogP contribution in [0.15, 0.2) is 18.2 Å². The Labute approximate surface area is 77.3 Å². The fourth-order valence-electron chi connectivity index (χ4n) is 1.18. The molecule has 0 saturated heterocycles. The summed E-state index contributed by atoms with van der Waals surface area (Å²) in [6.45, 7) is 1.91. The molecule has 0 atom stereocenters. The number of hydrogen-bond acceptors (Lipinski definition) is 2. The first-order chi connectivity index (χ1) is 6.19. The molecule has 0 aliphatic carbocycles. The highest BCUT2D eigenvalue weighted by Crippen LogP contribution is 2.17. The minimum absolute atomic E-state index is 0.281. The molecule has 0 fully saturated rings. The van der Waals surface area contributed by atoms with Crippen molar-refractivity contribution >= 4 is 11.4 Å². The molecule has 0 bridgehead atoms. The SMILES string of the molecule is CCC(=N)c1ccc(F)cc1NC. The molecule has 0 radical (unpaired) electrons. The Morgan fingerprint density at radius 2 is 2.23 bits per heavy atom. The molecule has 2 nitrogen and oxygen atoms in total. The number of hydrogen-bond donors (Lipinski definition) is 2. The monoisotopic (exact) mass is 180 g/mol. The average Bonchev–Trinajstić information content (AvgIpc) is 2.16. The Bertz CT molecular complexity index is 321. The number of anilines is 1. The smallest absolute Gasteiger partial charge is 0.125 e. The second-order valence-corrected chi connectivity index (χ2v) is 2.77. The van der Waals surface area contributed by atoms with Gasteiger partial charge in [0, 0.05) is 24.0 Å². The highest BCUT2D eigenvalue weighted by molar-refractivity contribution is 6.02. The van der Waals surface area contributed by atoms with Gasteiger partial charge in [-0.1, -0.05) is 6.92 Å². The predicted octanol–water partition coefficient (Wildman–Crippen LogP) is 2.65. The van der Waals surface area contributed by atoms with Crippen LogP contribution in [0.5, 0.6) is 0 Å². The van der Waals surface area contributed by atoms with Gasteiger partial charge in [0.2, 0.25) is 0 Å². The van der Waals surface area contributed by atoms with Crippen molar-refractivity contribution in [2.45, 2.75) is 13.3 Å². The summed E-state index contributed by atoms with van der Waals surface area (Å²) in [7, 11) is 1.72. The third-order valence-corrected chi connectivity index (χ3v) is 1.93. The second-order valence-electron chi connectivity index (χ2n) is 2.77. The molecule has 13 heavy (non-hydrogen) atoms. The van der Waals surface area contributed by atoms with Crippen LogP contribution in [0.2, 0.25) is 0 Å². The summed E-state index contributed by atoms with van der Waals surface area (Å²) in [5.41, 5.74) is 1.96. The maximum absolute atomic E-state index is 12.8. The zero-order valence-corrected chi connectivity index (χ0v) is 7.82. The fraction of sp³-hybridized carbons (Fsp3) is 0.300. The molecule has 1 aromatic carbocycles. The van der Waals surface area contributed by atoms with Crippen LogP contribution >= 0.6 is 0 Å². The Kier molecular flexibility index (Phi) is 3.01. The van der Waals surface area contributed by atoms with Crippen molar-refractivity contribution in [2.24, 2.45) is 0 Å². The molecule has 3 heteroatoms. The third-order valence-electron chi connectivity index (χ3n) is 1.93. The zero-order chi connectivity index (χ0) is 9.84.